The lowest BCUT2D eigenvalue weighted by molar-refractivity contribution is 0.335. The molecule has 0 amide bonds. The molecule has 0 spiro atoms. The first-order valence-electron chi connectivity index (χ1n) is 9.14. The predicted molar refractivity (Wildman–Crippen MR) is 99.3 cm³/mol. The summed E-state index contributed by atoms with van der Waals surface area (Å²) in [4.78, 5) is 0. The van der Waals surface area contributed by atoms with Gasteiger partial charge >= 0.3 is 0 Å². The molecule has 0 unspecified atom stereocenters. The van der Waals surface area contributed by atoms with Crippen LogP contribution in [0.15, 0.2) is 54.6 Å². The first kappa shape index (κ1) is 17.6. The largest absolute Gasteiger partial charge is 0.494 e. The third-order valence-electron chi connectivity index (χ3n) is 4.75. The van der Waals surface area contributed by atoms with Crippen LogP contribution in [-0.4, -0.2) is 6.61 Å². The highest BCUT2D eigenvalue weighted by Crippen LogP contribution is 2.45. The van der Waals surface area contributed by atoms with Crippen molar-refractivity contribution in [3.8, 4) is 5.75 Å². The van der Waals surface area contributed by atoms with E-state index in [4.69, 9.17) is 4.74 Å². The first-order valence-corrected chi connectivity index (χ1v) is 9.14. The molecule has 1 aliphatic rings. The summed E-state index contributed by atoms with van der Waals surface area (Å²) in [6.07, 6.45) is 6.52. The third kappa shape index (κ3) is 3.96. The quantitative estimate of drug-likeness (QED) is 0.638. The van der Waals surface area contributed by atoms with Gasteiger partial charge < -0.3 is 4.74 Å². The zero-order chi connectivity index (χ0) is 16.5. The van der Waals surface area contributed by atoms with Crippen LogP contribution in [0.25, 0.3) is 0 Å². The minimum absolute atomic E-state index is 0.199. The van der Waals surface area contributed by atoms with Gasteiger partial charge in [0, 0.05) is 5.41 Å². The van der Waals surface area contributed by atoms with Crippen LogP contribution in [0.4, 0.5) is 0 Å². The topological polar surface area (TPSA) is 9.23 Å². The first-order chi connectivity index (χ1) is 11.3. The van der Waals surface area contributed by atoms with Crippen LogP contribution >= 0.6 is 0 Å². The normalized spacial score (nSPS) is 16.1. The average molecular weight is 310 g/mol. The highest BCUT2D eigenvalue weighted by molar-refractivity contribution is 5.42. The Morgan fingerprint density at radius 2 is 1.35 bits per heavy atom. The molecule has 3 rings (SSSR count). The number of hydrogen-bond donors (Lipinski definition) is 0. The molecule has 0 saturated heterocycles. The lowest BCUT2D eigenvalue weighted by atomic mass is 9.65. The van der Waals surface area contributed by atoms with Crippen molar-refractivity contribution in [3.63, 3.8) is 0 Å². The summed E-state index contributed by atoms with van der Waals surface area (Å²) in [6, 6.07) is 19.8. The Balaban J connectivity index is 0.000000924. The maximum absolute atomic E-state index is 5.59. The molecule has 23 heavy (non-hydrogen) atoms. The van der Waals surface area contributed by atoms with E-state index in [9.17, 15) is 0 Å². The van der Waals surface area contributed by atoms with Gasteiger partial charge in [-0.3, -0.25) is 0 Å². The van der Waals surface area contributed by atoms with E-state index in [1.807, 2.05) is 20.8 Å². The molecule has 1 fully saturated rings. The minimum Gasteiger partial charge on any atom is -0.494 e. The fourth-order valence-electron chi connectivity index (χ4n) is 3.69. The van der Waals surface area contributed by atoms with Gasteiger partial charge in [-0.1, -0.05) is 75.6 Å². The van der Waals surface area contributed by atoms with E-state index in [0.717, 1.165) is 12.4 Å². The second-order valence-electron chi connectivity index (χ2n) is 5.97. The van der Waals surface area contributed by atoms with Gasteiger partial charge in [-0.15, -0.1) is 0 Å². The highest BCUT2D eigenvalue weighted by atomic mass is 16.5. The maximum atomic E-state index is 5.59. The lowest BCUT2D eigenvalue weighted by Crippen LogP contribution is -2.30. The van der Waals surface area contributed by atoms with Gasteiger partial charge in [0.15, 0.2) is 0 Å². The average Bonchev–Trinajstić information content (AvgIpc) is 2.65. The van der Waals surface area contributed by atoms with E-state index < -0.39 is 0 Å². The van der Waals surface area contributed by atoms with Crippen molar-refractivity contribution >= 4 is 0 Å². The van der Waals surface area contributed by atoms with E-state index in [0.29, 0.717) is 0 Å². The van der Waals surface area contributed by atoms with E-state index in [1.165, 1.54) is 43.2 Å². The highest BCUT2D eigenvalue weighted by Gasteiger charge is 2.35. The van der Waals surface area contributed by atoms with Crippen molar-refractivity contribution in [1.29, 1.82) is 0 Å². The smallest absolute Gasteiger partial charge is 0.119 e. The Bertz CT molecular complexity index is 550. The summed E-state index contributed by atoms with van der Waals surface area (Å²) in [5.41, 5.74) is 3.11. The summed E-state index contributed by atoms with van der Waals surface area (Å²) < 4.78 is 5.59. The van der Waals surface area contributed by atoms with Gasteiger partial charge in [-0.05, 0) is 43.0 Å². The van der Waals surface area contributed by atoms with Gasteiger partial charge in [-0.25, -0.2) is 0 Å². The van der Waals surface area contributed by atoms with Gasteiger partial charge in [-0.2, -0.15) is 0 Å². The molecular weight excluding hydrogens is 280 g/mol. The van der Waals surface area contributed by atoms with E-state index in [1.54, 1.807) is 0 Å². The van der Waals surface area contributed by atoms with Crippen LogP contribution in [0.5, 0.6) is 5.75 Å². The van der Waals surface area contributed by atoms with Crippen LogP contribution in [0, 0.1) is 0 Å². The molecule has 2 aromatic rings. The summed E-state index contributed by atoms with van der Waals surface area (Å²) in [7, 11) is 0. The van der Waals surface area contributed by atoms with E-state index in [-0.39, 0.29) is 5.41 Å². The van der Waals surface area contributed by atoms with Gasteiger partial charge in [0.05, 0.1) is 6.61 Å². The standard InChI is InChI=1S/C20H24O.C2H6/c1-2-21-19-13-11-18(12-14-19)20(15-7-4-8-16-20)17-9-5-3-6-10-17;1-2/h3,5-6,9-14H,2,4,7-8,15-16H2,1H3;1-2H3. The van der Waals surface area contributed by atoms with Crippen molar-refractivity contribution in [3.05, 3.63) is 65.7 Å². The molecule has 0 atom stereocenters. The van der Waals surface area contributed by atoms with Crippen molar-refractivity contribution in [1.82, 2.24) is 0 Å². The van der Waals surface area contributed by atoms with Gasteiger partial charge in [0.1, 0.15) is 5.75 Å². The summed E-state index contributed by atoms with van der Waals surface area (Å²) in [6.45, 7) is 6.75. The molecule has 124 valence electrons. The Labute approximate surface area is 141 Å². The SMILES string of the molecule is CC.CCOc1ccc(C2(c3ccccc3)CCCCC2)cc1. The van der Waals surface area contributed by atoms with Gasteiger partial charge in [0.2, 0.25) is 0 Å². The van der Waals surface area contributed by atoms with Crippen molar-refractivity contribution in [2.24, 2.45) is 0 Å². The van der Waals surface area contributed by atoms with Crippen LogP contribution in [0.1, 0.15) is 64.0 Å². The molecule has 0 radical (unpaired) electrons. The maximum Gasteiger partial charge on any atom is 0.119 e. The lowest BCUT2D eigenvalue weighted by Gasteiger charge is -2.38. The fourth-order valence-corrected chi connectivity index (χ4v) is 3.69. The Morgan fingerprint density at radius 1 is 0.783 bits per heavy atom. The summed E-state index contributed by atoms with van der Waals surface area (Å²) >= 11 is 0. The molecule has 0 heterocycles. The molecular formula is C22H30O. The third-order valence-corrected chi connectivity index (χ3v) is 4.75. The molecule has 1 aliphatic carbocycles. The van der Waals surface area contributed by atoms with Crippen molar-refractivity contribution in [2.45, 2.75) is 58.3 Å². The molecule has 1 saturated carbocycles. The van der Waals surface area contributed by atoms with Crippen molar-refractivity contribution in [2.75, 3.05) is 6.61 Å². The second kappa shape index (κ2) is 8.76. The number of benzene rings is 2. The van der Waals surface area contributed by atoms with Crippen LogP contribution in [0.3, 0.4) is 0 Å². The predicted octanol–water partition coefficient (Wildman–Crippen LogP) is 6.36. The Hall–Kier alpha value is -1.76. The molecule has 2 aromatic carbocycles. The fraction of sp³-hybridized carbons (Fsp3) is 0.455. The number of rotatable bonds is 4. The summed E-state index contributed by atoms with van der Waals surface area (Å²) in [5, 5.41) is 0. The number of hydrogen-bond acceptors (Lipinski definition) is 1. The van der Waals surface area contributed by atoms with Crippen LogP contribution < -0.4 is 4.74 Å². The molecule has 1 heteroatoms. The minimum atomic E-state index is 0.199. The molecule has 1 nitrogen and oxygen atoms in total. The van der Waals surface area contributed by atoms with E-state index >= 15 is 0 Å². The Morgan fingerprint density at radius 3 is 1.91 bits per heavy atom. The van der Waals surface area contributed by atoms with Gasteiger partial charge in [0.25, 0.3) is 0 Å². The molecule has 0 aromatic heterocycles. The Kier molecular flexibility index (Phi) is 6.70. The summed E-state index contributed by atoms with van der Waals surface area (Å²) in [5.74, 6) is 0.972. The molecule has 0 bridgehead atoms. The monoisotopic (exact) mass is 310 g/mol. The number of ether oxygens (including phenoxy) is 1. The van der Waals surface area contributed by atoms with Crippen LogP contribution in [0.2, 0.25) is 0 Å². The zero-order valence-corrected chi connectivity index (χ0v) is 14.8. The molecule has 0 aliphatic heterocycles. The van der Waals surface area contributed by atoms with Crippen LogP contribution in [-0.2, 0) is 5.41 Å². The second-order valence-corrected chi connectivity index (χ2v) is 5.97. The van der Waals surface area contributed by atoms with Crippen molar-refractivity contribution < 1.29 is 4.74 Å². The van der Waals surface area contributed by atoms with E-state index in [2.05, 4.69) is 54.6 Å². The zero-order valence-electron chi connectivity index (χ0n) is 14.8. The molecule has 0 N–H and O–H groups in total.